The second-order valence-corrected chi connectivity index (χ2v) is 5.14. The van der Waals surface area contributed by atoms with Crippen molar-refractivity contribution in [1.82, 2.24) is 4.98 Å². The molecule has 0 saturated carbocycles. The van der Waals surface area contributed by atoms with Crippen molar-refractivity contribution in [1.29, 1.82) is 0 Å². The van der Waals surface area contributed by atoms with Crippen LogP contribution in [0.15, 0.2) is 12.3 Å². The molecule has 2 rings (SSSR count). The van der Waals surface area contributed by atoms with E-state index in [0.717, 1.165) is 5.56 Å². The van der Waals surface area contributed by atoms with Crippen LogP contribution in [0, 0.1) is 17.0 Å². The number of pyridine rings is 1. The molecule has 0 bridgehead atoms. The van der Waals surface area contributed by atoms with Crippen molar-refractivity contribution in [3.63, 3.8) is 0 Å². The van der Waals surface area contributed by atoms with Gasteiger partial charge in [0.25, 0.3) is 0 Å². The van der Waals surface area contributed by atoms with Gasteiger partial charge >= 0.3 is 11.8 Å². The van der Waals surface area contributed by atoms with Gasteiger partial charge in [-0.05, 0) is 34.9 Å². The Bertz CT molecular complexity index is 563. The molecule has 0 N–H and O–H groups in total. The molecule has 8 nitrogen and oxygen atoms in total. The Morgan fingerprint density at radius 1 is 1.59 bits per heavy atom. The SMILES string of the molecule is COC(=O)CC1CCOCCN1c1cc(C)cnc1[N+](=O)[O-]. The van der Waals surface area contributed by atoms with E-state index in [-0.39, 0.29) is 24.2 Å². The van der Waals surface area contributed by atoms with Gasteiger partial charge in [-0.15, -0.1) is 0 Å². The Balaban J connectivity index is 2.38. The molecular formula is C14H19N3O5. The zero-order valence-corrected chi connectivity index (χ0v) is 12.7. The fourth-order valence-electron chi connectivity index (χ4n) is 2.53. The Morgan fingerprint density at radius 2 is 2.36 bits per heavy atom. The fraction of sp³-hybridized carbons (Fsp3) is 0.571. The summed E-state index contributed by atoms with van der Waals surface area (Å²) < 4.78 is 10.2. The lowest BCUT2D eigenvalue weighted by Crippen LogP contribution is -2.38. The zero-order chi connectivity index (χ0) is 16.1. The van der Waals surface area contributed by atoms with Gasteiger partial charge in [0.2, 0.25) is 0 Å². The Hall–Kier alpha value is -2.22. The molecule has 0 radical (unpaired) electrons. The highest BCUT2D eigenvalue weighted by Gasteiger charge is 2.30. The van der Waals surface area contributed by atoms with Crippen LogP contribution in [0.5, 0.6) is 0 Å². The van der Waals surface area contributed by atoms with Crippen LogP contribution in [-0.2, 0) is 14.3 Å². The number of carbonyl (C=O) groups excluding carboxylic acids is 1. The number of hydrogen-bond donors (Lipinski definition) is 0. The minimum absolute atomic E-state index is 0.158. The summed E-state index contributed by atoms with van der Waals surface area (Å²) in [5, 5.41) is 11.2. The number of rotatable bonds is 4. The molecule has 1 aromatic rings. The van der Waals surface area contributed by atoms with Crippen molar-refractivity contribution >= 4 is 17.5 Å². The van der Waals surface area contributed by atoms with Crippen LogP contribution < -0.4 is 4.90 Å². The standard InChI is InChI=1S/C14H19N3O5/c1-10-7-12(14(15-9-10)17(19)20)16-4-6-22-5-3-11(16)8-13(18)21-2/h7,9,11H,3-6,8H2,1-2H3. The number of ether oxygens (including phenoxy) is 2. The summed E-state index contributed by atoms with van der Waals surface area (Å²) in [6, 6.07) is 1.51. The molecule has 1 aromatic heterocycles. The molecule has 1 aliphatic rings. The Morgan fingerprint density at radius 3 is 3.05 bits per heavy atom. The molecule has 0 spiro atoms. The Labute approximate surface area is 128 Å². The van der Waals surface area contributed by atoms with Gasteiger partial charge in [-0.1, -0.05) is 0 Å². The third-order valence-electron chi connectivity index (χ3n) is 3.61. The number of anilines is 1. The van der Waals surface area contributed by atoms with Crippen LogP contribution in [0.2, 0.25) is 0 Å². The summed E-state index contributed by atoms with van der Waals surface area (Å²) in [7, 11) is 1.33. The number of nitrogens with zero attached hydrogens (tertiary/aromatic N) is 3. The summed E-state index contributed by atoms with van der Waals surface area (Å²) in [6.45, 7) is 3.24. The molecule has 0 aromatic carbocycles. The highest BCUT2D eigenvalue weighted by molar-refractivity contribution is 5.71. The Kier molecular flexibility index (Phi) is 5.26. The smallest absolute Gasteiger partial charge is 0.387 e. The van der Waals surface area contributed by atoms with Crippen molar-refractivity contribution in [2.24, 2.45) is 0 Å². The van der Waals surface area contributed by atoms with E-state index in [1.807, 2.05) is 11.8 Å². The van der Waals surface area contributed by atoms with Gasteiger partial charge in [0.05, 0.1) is 20.1 Å². The molecule has 1 atom stereocenters. The average molecular weight is 309 g/mol. The lowest BCUT2D eigenvalue weighted by Gasteiger charge is -2.30. The summed E-state index contributed by atoms with van der Waals surface area (Å²) in [5.41, 5.74) is 1.24. The molecule has 2 heterocycles. The van der Waals surface area contributed by atoms with E-state index in [2.05, 4.69) is 4.98 Å². The first-order valence-corrected chi connectivity index (χ1v) is 7.05. The summed E-state index contributed by atoms with van der Waals surface area (Å²) in [6.07, 6.45) is 2.22. The van der Waals surface area contributed by atoms with Gasteiger partial charge in [0.15, 0.2) is 0 Å². The van der Waals surface area contributed by atoms with Crippen molar-refractivity contribution in [3.8, 4) is 0 Å². The summed E-state index contributed by atoms with van der Waals surface area (Å²) >= 11 is 0. The van der Waals surface area contributed by atoms with E-state index in [9.17, 15) is 14.9 Å². The van der Waals surface area contributed by atoms with Gasteiger partial charge in [-0.2, -0.15) is 0 Å². The number of nitro groups is 1. The van der Waals surface area contributed by atoms with E-state index in [1.54, 1.807) is 6.07 Å². The van der Waals surface area contributed by atoms with E-state index in [1.165, 1.54) is 13.3 Å². The lowest BCUT2D eigenvalue weighted by molar-refractivity contribution is -0.388. The number of methoxy groups -OCH3 is 1. The third-order valence-corrected chi connectivity index (χ3v) is 3.61. The molecule has 8 heteroatoms. The monoisotopic (exact) mass is 309 g/mol. The summed E-state index contributed by atoms with van der Waals surface area (Å²) in [5.74, 6) is -0.553. The largest absolute Gasteiger partial charge is 0.469 e. The maximum absolute atomic E-state index is 11.6. The van der Waals surface area contributed by atoms with E-state index < -0.39 is 4.92 Å². The predicted octanol–water partition coefficient (Wildman–Crippen LogP) is 1.46. The maximum Gasteiger partial charge on any atom is 0.387 e. The molecule has 1 fully saturated rings. The minimum atomic E-state index is -0.504. The average Bonchev–Trinajstić information content (AvgIpc) is 2.72. The van der Waals surface area contributed by atoms with Crippen LogP contribution in [-0.4, -0.2) is 48.8 Å². The van der Waals surface area contributed by atoms with Gasteiger partial charge < -0.3 is 24.5 Å². The van der Waals surface area contributed by atoms with Crippen molar-refractivity contribution < 1.29 is 19.2 Å². The van der Waals surface area contributed by atoms with E-state index >= 15 is 0 Å². The first-order valence-electron chi connectivity index (χ1n) is 7.05. The quantitative estimate of drug-likeness (QED) is 0.472. The molecule has 0 amide bonds. The number of aryl methyl sites for hydroxylation is 1. The highest BCUT2D eigenvalue weighted by Crippen LogP contribution is 2.30. The summed E-state index contributed by atoms with van der Waals surface area (Å²) in [4.78, 5) is 28.1. The van der Waals surface area contributed by atoms with Crippen molar-refractivity contribution in [3.05, 3.63) is 27.9 Å². The zero-order valence-electron chi connectivity index (χ0n) is 12.7. The molecule has 0 aliphatic carbocycles. The highest BCUT2D eigenvalue weighted by atomic mass is 16.6. The lowest BCUT2D eigenvalue weighted by atomic mass is 10.1. The van der Waals surface area contributed by atoms with Crippen LogP contribution in [0.3, 0.4) is 0 Å². The van der Waals surface area contributed by atoms with Crippen LogP contribution in [0.25, 0.3) is 0 Å². The maximum atomic E-state index is 11.6. The fourth-order valence-corrected chi connectivity index (χ4v) is 2.53. The van der Waals surface area contributed by atoms with Crippen molar-refractivity contribution in [2.45, 2.75) is 25.8 Å². The van der Waals surface area contributed by atoms with Crippen LogP contribution >= 0.6 is 0 Å². The van der Waals surface area contributed by atoms with Crippen molar-refractivity contribution in [2.75, 3.05) is 31.8 Å². The first kappa shape index (κ1) is 16.2. The van der Waals surface area contributed by atoms with Gasteiger partial charge in [-0.25, -0.2) is 0 Å². The van der Waals surface area contributed by atoms with E-state index in [4.69, 9.17) is 9.47 Å². The number of aromatic nitrogens is 1. The molecule has 120 valence electrons. The van der Waals surface area contributed by atoms with E-state index in [0.29, 0.717) is 31.9 Å². The number of esters is 1. The van der Waals surface area contributed by atoms with Gasteiger partial charge in [-0.3, -0.25) is 4.79 Å². The minimum Gasteiger partial charge on any atom is -0.469 e. The number of carbonyl (C=O) groups is 1. The second-order valence-electron chi connectivity index (χ2n) is 5.14. The normalized spacial score (nSPS) is 18.6. The molecule has 1 unspecified atom stereocenters. The first-order chi connectivity index (χ1) is 10.5. The van der Waals surface area contributed by atoms with Gasteiger partial charge in [0, 0.05) is 19.2 Å². The third kappa shape index (κ3) is 3.70. The predicted molar refractivity (Wildman–Crippen MR) is 78.8 cm³/mol. The topological polar surface area (TPSA) is 94.8 Å². The van der Waals surface area contributed by atoms with Gasteiger partial charge in [0.1, 0.15) is 11.9 Å². The molecular weight excluding hydrogens is 290 g/mol. The van der Waals surface area contributed by atoms with Crippen LogP contribution in [0.1, 0.15) is 18.4 Å². The molecule has 22 heavy (non-hydrogen) atoms. The van der Waals surface area contributed by atoms with Crippen LogP contribution in [0.4, 0.5) is 11.5 Å². The number of hydrogen-bond acceptors (Lipinski definition) is 7. The second kappa shape index (κ2) is 7.17. The molecule has 1 aliphatic heterocycles. The molecule has 1 saturated heterocycles.